The first kappa shape index (κ1) is 16.8. The Hall–Kier alpha value is -2.56. The predicted octanol–water partition coefficient (Wildman–Crippen LogP) is 3.28. The molecule has 23 heavy (non-hydrogen) atoms. The predicted molar refractivity (Wildman–Crippen MR) is 92.9 cm³/mol. The van der Waals surface area contributed by atoms with E-state index in [-0.39, 0.29) is 5.78 Å². The smallest absolute Gasteiger partial charge is 0.182 e. The normalized spacial score (nSPS) is 15.6. The zero-order valence-corrected chi connectivity index (χ0v) is 14.0. The number of nitrogens with zero attached hydrogens (tertiary/aromatic N) is 2. The van der Waals surface area contributed by atoms with Crippen LogP contribution in [0, 0.1) is 0 Å². The highest BCUT2D eigenvalue weighted by Crippen LogP contribution is 2.32. The van der Waals surface area contributed by atoms with Crippen LogP contribution in [0.4, 0.5) is 11.4 Å². The molecule has 2 rings (SSSR count). The molecule has 0 N–H and O–H groups in total. The van der Waals surface area contributed by atoms with E-state index in [1.807, 2.05) is 18.2 Å². The number of aliphatic imine (C=N–C) groups is 1. The van der Waals surface area contributed by atoms with Crippen LogP contribution in [-0.4, -0.2) is 38.8 Å². The first-order valence-corrected chi connectivity index (χ1v) is 7.62. The summed E-state index contributed by atoms with van der Waals surface area (Å²) in [5.41, 5.74) is 2.40. The topological polar surface area (TPSA) is 51.1 Å². The Morgan fingerprint density at radius 1 is 1.09 bits per heavy atom. The molecule has 0 spiro atoms. The number of benzene rings is 1. The molecule has 0 unspecified atom stereocenters. The van der Waals surface area contributed by atoms with Gasteiger partial charge < -0.3 is 14.4 Å². The third-order valence-corrected chi connectivity index (χ3v) is 3.67. The minimum Gasteiger partial charge on any atom is -0.495 e. The third kappa shape index (κ3) is 3.80. The standard InChI is InChI=1S/C18H22N2O3/c1-5-20(6-2)16-10-7-13(11-18(16)23-4)19-15-9-8-14(21)12-17(15)22-3/h7-12H,5-6H2,1-4H3/b19-15-. The van der Waals surface area contributed by atoms with Crippen LogP contribution in [0.2, 0.25) is 0 Å². The number of anilines is 1. The van der Waals surface area contributed by atoms with Crippen molar-refractivity contribution in [3.05, 3.63) is 42.2 Å². The van der Waals surface area contributed by atoms with Gasteiger partial charge in [-0.05, 0) is 38.1 Å². The molecular formula is C18H22N2O3. The number of carbonyl (C=O) groups excluding carboxylic acids is 1. The van der Waals surface area contributed by atoms with Crippen molar-refractivity contribution in [2.45, 2.75) is 13.8 Å². The van der Waals surface area contributed by atoms with E-state index in [2.05, 4.69) is 23.7 Å². The van der Waals surface area contributed by atoms with Gasteiger partial charge in [0.05, 0.1) is 25.6 Å². The molecule has 1 aromatic carbocycles. The molecule has 0 atom stereocenters. The number of carbonyl (C=O) groups is 1. The third-order valence-electron chi connectivity index (χ3n) is 3.67. The van der Waals surface area contributed by atoms with Crippen LogP contribution in [0.1, 0.15) is 13.8 Å². The lowest BCUT2D eigenvalue weighted by Gasteiger charge is -2.23. The molecule has 0 saturated carbocycles. The Morgan fingerprint density at radius 2 is 1.83 bits per heavy atom. The van der Waals surface area contributed by atoms with E-state index in [9.17, 15) is 4.79 Å². The van der Waals surface area contributed by atoms with Crippen LogP contribution in [0.15, 0.2) is 47.2 Å². The van der Waals surface area contributed by atoms with Crippen molar-refractivity contribution in [3.63, 3.8) is 0 Å². The summed E-state index contributed by atoms with van der Waals surface area (Å²) in [7, 11) is 3.18. The second-order valence-corrected chi connectivity index (χ2v) is 4.97. The maximum Gasteiger partial charge on any atom is 0.182 e. The Balaban J connectivity index is 2.38. The SMILES string of the molecule is CCN(CC)c1ccc(/N=C2/C=CC(=O)C=C2OC)cc1OC. The van der Waals surface area contributed by atoms with Gasteiger partial charge in [0.15, 0.2) is 5.78 Å². The van der Waals surface area contributed by atoms with Crippen molar-refractivity contribution < 1.29 is 14.3 Å². The number of hydrogen-bond acceptors (Lipinski definition) is 5. The van der Waals surface area contributed by atoms with Gasteiger partial charge in [-0.2, -0.15) is 0 Å². The first-order valence-electron chi connectivity index (χ1n) is 7.62. The Morgan fingerprint density at radius 3 is 2.43 bits per heavy atom. The Labute approximate surface area is 136 Å². The van der Waals surface area contributed by atoms with Crippen LogP contribution < -0.4 is 9.64 Å². The molecule has 1 aromatic rings. The number of rotatable bonds is 6. The molecule has 0 fully saturated rings. The van der Waals surface area contributed by atoms with Gasteiger partial charge in [0.25, 0.3) is 0 Å². The van der Waals surface area contributed by atoms with Crippen LogP contribution in [-0.2, 0) is 9.53 Å². The average molecular weight is 314 g/mol. The van der Waals surface area contributed by atoms with E-state index in [0.717, 1.165) is 30.2 Å². The quantitative estimate of drug-likeness (QED) is 0.756. The molecule has 0 amide bonds. The lowest BCUT2D eigenvalue weighted by molar-refractivity contribution is -0.110. The fraction of sp³-hybridized carbons (Fsp3) is 0.333. The summed E-state index contributed by atoms with van der Waals surface area (Å²) in [5.74, 6) is 1.13. The highest BCUT2D eigenvalue weighted by Gasteiger charge is 2.14. The van der Waals surface area contributed by atoms with Crippen molar-refractivity contribution in [2.75, 3.05) is 32.2 Å². The summed E-state index contributed by atoms with van der Waals surface area (Å²) < 4.78 is 10.7. The Kier molecular flexibility index (Phi) is 5.57. The minimum absolute atomic E-state index is 0.102. The molecule has 1 aliphatic rings. The molecule has 0 aromatic heterocycles. The van der Waals surface area contributed by atoms with Gasteiger partial charge in [0, 0.05) is 25.2 Å². The van der Waals surface area contributed by atoms with Gasteiger partial charge in [-0.25, -0.2) is 4.99 Å². The zero-order valence-electron chi connectivity index (χ0n) is 14.0. The van der Waals surface area contributed by atoms with Crippen LogP contribution >= 0.6 is 0 Å². The molecule has 0 aliphatic heterocycles. The van der Waals surface area contributed by atoms with Crippen LogP contribution in [0.3, 0.4) is 0 Å². The van der Waals surface area contributed by atoms with Gasteiger partial charge in [-0.1, -0.05) is 0 Å². The van der Waals surface area contributed by atoms with Gasteiger partial charge in [-0.15, -0.1) is 0 Å². The van der Waals surface area contributed by atoms with Crippen molar-refractivity contribution >= 4 is 22.9 Å². The second-order valence-electron chi connectivity index (χ2n) is 4.97. The molecule has 0 heterocycles. The summed E-state index contributed by atoms with van der Waals surface area (Å²) >= 11 is 0. The van der Waals surface area contributed by atoms with Crippen molar-refractivity contribution in [3.8, 4) is 5.75 Å². The molecule has 0 saturated heterocycles. The van der Waals surface area contributed by atoms with Crippen LogP contribution in [0.25, 0.3) is 0 Å². The molecule has 0 bridgehead atoms. The van der Waals surface area contributed by atoms with Crippen molar-refractivity contribution in [1.29, 1.82) is 0 Å². The summed E-state index contributed by atoms with van der Waals surface area (Å²) in [6.45, 7) is 6.03. The van der Waals surface area contributed by atoms with Crippen molar-refractivity contribution in [2.24, 2.45) is 4.99 Å². The maximum atomic E-state index is 11.4. The minimum atomic E-state index is -0.102. The van der Waals surface area contributed by atoms with E-state index in [0.29, 0.717) is 11.5 Å². The number of ketones is 1. The molecule has 1 aliphatic carbocycles. The number of ether oxygens (including phenoxy) is 2. The molecule has 122 valence electrons. The van der Waals surface area contributed by atoms with Crippen LogP contribution in [0.5, 0.6) is 5.75 Å². The fourth-order valence-electron chi connectivity index (χ4n) is 2.45. The van der Waals surface area contributed by atoms with E-state index >= 15 is 0 Å². The summed E-state index contributed by atoms with van der Waals surface area (Å²) in [4.78, 5) is 18.2. The highest BCUT2D eigenvalue weighted by molar-refractivity contribution is 6.19. The number of methoxy groups -OCH3 is 2. The van der Waals surface area contributed by atoms with E-state index in [4.69, 9.17) is 9.47 Å². The van der Waals surface area contributed by atoms with E-state index in [1.165, 1.54) is 19.3 Å². The zero-order chi connectivity index (χ0) is 16.8. The first-order chi connectivity index (χ1) is 11.1. The second kappa shape index (κ2) is 7.63. The Bertz CT molecular complexity index is 671. The van der Waals surface area contributed by atoms with E-state index < -0.39 is 0 Å². The molecule has 5 heteroatoms. The lowest BCUT2D eigenvalue weighted by Crippen LogP contribution is -2.22. The van der Waals surface area contributed by atoms with E-state index in [1.54, 1.807) is 13.2 Å². The maximum absolute atomic E-state index is 11.4. The van der Waals surface area contributed by atoms with Gasteiger partial charge in [0.1, 0.15) is 17.2 Å². The van der Waals surface area contributed by atoms with Gasteiger partial charge >= 0.3 is 0 Å². The lowest BCUT2D eigenvalue weighted by atomic mass is 10.1. The fourth-order valence-corrected chi connectivity index (χ4v) is 2.45. The molecule has 0 radical (unpaired) electrons. The average Bonchev–Trinajstić information content (AvgIpc) is 2.58. The monoisotopic (exact) mass is 314 g/mol. The molecular weight excluding hydrogens is 292 g/mol. The largest absolute Gasteiger partial charge is 0.495 e. The summed E-state index contributed by atoms with van der Waals surface area (Å²) in [6, 6.07) is 5.82. The summed E-state index contributed by atoms with van der Waals surface area (Å²) in [5, 5.41) is 0. The van der Waals surface area contributed by atoms with Gasteiger partial charge in [0.2, 0.25) is 0 Å². The number of hydrogen-bond donors (Lipinski definition) is 0. The van der Waals surface area contributed by atoms with Crippen molar-refractivity contribution in [1.82, 2.24) is 0 Å². The van der Waals surface area contributed by atoms with Gasteiger partial charge in [-0.3, -0.25) is 4.79 Å². The highest BCUT2D eigenvalue weighted by atomic mass is 16.5. The molecule has 5 nitrogen and oxygen atoms in total. The summed E-state index contributed by atoms with van der Waals surface area (Å²) in [6.07, 6.45) is 4.56. The number of allylic oxidation sites excluding steroid dienone is 3.